The van der Waals surface area contributed by atoms with E-state index >= 15 is 0 Å². The lowest BCUT2D eigenvalue weighted by atomic mass is 10.0. The Balaban J connectivity index is 1.50. The van der Waals surface area contributed by atoms with Crippen LogP contribution < -0.4 is 19.6 Å². The van der Waals surface area contributed by atoms with Crippen molar-refractivity contribution in [2.45, 2.75) is 32.8 Å². The molecule has 0 fully saturated rings. The summed E-state index contributed by atoms with van der Waals surface area (Å²) in [6.45, 7) is 3.59. The Morgan fingerprint density at radius 3 is 2.57 bits per heavy atom. The SMILES string of the molecule is CCCc1cc2c(=O)c(-c3ccc4c(c3)OCCCO4)coc2cc1OCc1ccc(Cl)c(Cl)c1. The van der Waals surface area contributed by atoms with Crippen molar-refractivity contribution in [3.63, 3.8) is 0 Å². The van der Waals surface area contributed by atoms with E-state index in [2.05, 4.69) is 6.92 Å². The maximum absolute atomic E-state index is 13.5. The van der Waals surface area contributed by atoms with Gasteiger partial charge < -0.3 is 18.6 Å². The molecule has 2 heterocycles. The van der Waals surface area contributed by atoms with E-state index in [4.69, 9.17) is 41.8 Å². The van der Waals surface area contributed by atoms with Crippen LogP contribution in [0.4, 0.5) is 0 Å². The van der Waals surface area contributed by atoms with Crippen LogP contribution in [-0.4, -0.2) is 13.2 Å². The smallest absolute Gasteiger partial charge is 0.200 e. The van der Waals surface area contributed by atoms with Crippen molar-refractivity contribution in [2.75, 3.05) is 13.2 Å². The fourth-order valence-corrected chi connectivity index (χ4v) is 4.44. The minimum absolute atomic E-state index is 0.103. The molecule has 35 heavy (non-hydrogen) atoms. The third-order valence-corrected chi connectivity index (χ3v) is 6.65. The second kappa shape index (κ2) is 10.2. The van der Waals surface area contributed by atoms with Crippen LogP contribution in [0.15, 0.2) is 64.0 Å². The Morgan fingerprint density at radius 1 is 0.943 bits per heavy atom. The van der Waals surface area contributed by atoms with Gasteiger partial charge in [-0.2, -0.15) is 0 Å². The molecule has 0 saturated heterocycles. The number of rotatable bonds is 6. The molecule has 0 radical (unpaired) electrons. The third kappa shape index (κ3) is 4.97. The van der Waals surface area contributed by atoms with Gasteiger partial charge in [0.25, 0.3) is 0 Å². The Kier molecular flexibility index (Phi) is 6.89. The molecule has 1 aliphatic heterocycles. The zero-order valence-corrected chi connectivity index (χ0v) is 20.7. The van der Waals surface area contributed by atoms with Gasteiger partial charge in [-0.3, -0.25) is 4.79 Å². The molecule has 7 heteroatoms. The first kappa shape index (κ1) is 23.6. The standard InChI is InChI=1S/C28H24Cl2O5/c1-2-4-19-12-20-26(14-25(19)34-15-17-5-7-22(29)23(30)11-17)35-16-21(28(20)31)18-6-8-24-27(13-18)33-10-3-9-32-24/h5-8,11-14,16H,2-4,9-10,15H2,1H3. The lowest BCUT2D eigenvalue weighted by Gasteiger charge is -2.13. The Hall–Kier alpha value is -3.15. The molecule has 0 atom stereocenters. The van der Waals surface area contributed by atoms with E-state index in [1.54, 1.807) is 18.2 Å². The van der Waals surface area contributed by atoms with E-state index in [1.807, 2.05) is 30.3 Å². The normalized spacial score (nSPS) is 13.0. The van der Waals surface area contributed by atoms with E-state index in [9.17, 15) is 4.79 Å². The fraction of sp³-hybridized carbons (Fsp3) is 0.250. The number of hydrogen-bond acceptors (Lipinski definition) is 5. The first-order chi connectivity index (χ1) is 17.0. The molecule has 0 N–H and O–H groups in total. The fourth-order valence-electron chi connectivity index (χ4n) is 4.12. The maximum atomic E-state index is 13.5. The molecular weight excluding hydrogens is 487 g/mol. The van der Waals surface area contributed by atoms with E-state index < -0.39 is 0 Å². The van der Waals surface area contributed by atoms with E-state index in [-0.39, 0.29) is 5.43 Å². The minimum atomic E-state index is -0.103. The Labute approximate surface area is 213 Å². The molecular formula is C28H24Cl2O5. The van der Waals surface area contributed by atoms with Crippen molar-refractivity contribution in [1.82, 2.24) is 0 Å². The van der Waals surface area contributed by atoms with Crippen molar-refractivity contribution in [2.24, 2.45) is 0 Å². The van der Waals surface area contributed by atoms with Gasteiger partial charge in [0.1, 0.15) is 24.2 Å². The summed E-state index contributed by atoms with van der Waals surface area (Å²) in [5.41, 5.74) is 3.41. The molecule has 0 spiro atoms. The van der Waals surface area contributed by atoms with Crippen LogP contribution in [0.1, 0.15) is 30.9 Å². The number of fused-ring (bicyclic) bond motifs is 2. The third-order valence-electron chi connectivity index (χ3n) is 5.91. The van der Waals surface area contributed by atoms with Crippen LogP contribution in [0.25, 0.3) is 22.1 Å². The van der Waals surface area contributed by atoms with Gasteiger partial charge in [-0.05, 0) is 53.4 Å². The van der Waals surface area contributed by atoms with Crippen LogP contribution in [0.3, 0.4) is 0 Å². The van der Waals surface area contributed by atoms with E-state index in [1.165, 1.54) is 6.26 Å². The molecule has 3 aromatic carbocycles. The average molecular weight is 511 g/mol. The molecule has 5 rings (SSSR count). The molecule has 1 aliphatic rings. The highest BCUT2D eigenvalue weighted by Gasteiger charge is 2.17. The predicted octanol–water partition coefficient (Wildman–Crippen LogP) is 7.46. The summed E-state index contributed by atoms with van der Waals surface area (Å²) >= 11 is 12.1. The summed E-state index contributed by atoms with van der Waals surface area (Å²) in [5, 5.41) is 1.49. The van der Waals surface area contributed by atoms with Crippen molar-refractivity contribution in [1.29, 1.82) is 0 Å². The Morgan fingerprint density at radius 2 is 1.77 bits per heavy atom. The molecule has 180 valence electrons. The Bertz CT molecular complexity index is 1440. The van der Waals surface area contributed by atoms with Crippen molar-refractivity contribution < 1.29 is 18.6 Å². The van der Waals surface area contributed by atoms with Gasteiger partial charge in [0.15, 0.2) is 11.5 Å². The molecule has 0 amide bonds. The summed E-state index contributed by atoms with van der Waals surface area (Å²) in [6, 6.07) is 14.6. The molecule has 5 nitrogen and oxygen atoms in total. The van der Waals surface area contributed by atoms with Gasteiger partial charge in [0.05, 0.1) is 34.2 Å². The topological polar surface area (TPSA) is 57.9 Å². The highest BCUT2D eigenvalue weighted by atomic mass is 35.5. The minimum Gasteiger partial charge on any atom is -0.490 e. The molecule has 0 bridgehead atoms. The zero-order valence-electron chi connectivity index (χ0n) is 19.2. The van der Waals surface area contributed by atoms with Gasteiger partial charge in [-0.1, -0.05) is 48.7 Å². The monoisotopic (exact) mass is 510 g/mol. The summed E-state index contributed by atoms with van der Waals surface area (Å²) in [7, 11) is 0. The number of halogens is 2. The highest BCUT2D eigenvalue weighted by molar-refractivity contribution is 6.42. The summed E-state index contributed by atoms with van der Waals surface area (Å²) < 4.78 is 23.5. The van der Waals surface area contributed by atoms with Crippen LogP contribution in [0.2, 0.25) is 10.0 Å². The van der Waals surface area contributed by atoms with Crippen LogP contribution in [0.5, 0.6) is 17.2 Å². The summed E-state index contributed by atoms with van der Waals surface area (Å²) in [4.78, 5) is 13.5. The van der Waals surface area contributed by atoms with Gasteiger partial charge >= 0.3 is 0 Å². The van der Waals surface area contributed by atoms with Gasteiger partial charge in [-0.15, -0.1) is 0 Å². The number of hydrogen-bond donors (Lipinski definition) is 0. The van der Waals surface area contributed by atoms with Crippen LogP contribution in [-0.2, 0) is 13.0 Å². The van der Waals surface area contributed by atoms with E-state index in [0.717, 1.165) is 36.0 Å². The van der Waals surface area contributed by atoms with Gasteiger partial charge in [0.2, 0.25) is 5.43 Å². The molecule has 0 saturated carbocycles. The van der Waals surface area contributed by atoms with E-state index in [0.29, 0.717) is 63.6 Å². The molecule has 0 aliphatic carbocycles. The molecule has 0 unspecified atom stereocenters. The first-order valence-electron chi connectivity index (χ1n) is 11.6. The maximum Gasteiger partial charge on any atom is 0.200 e. The lowest BCUT2D eigenvalue weighted by Crippen LogP contribution is -2.07. The van der Waals surface area contributed by atoms with Crippen molar-refractivity contribution in [3.8, 4) is 28.4 Å². The zero-order chi connectivity index (χ0) is 24.4. The highest BCUT2D eigenvalue weighted by Crippen LogP contribution is 2.35. The quantitative estimate of drug-likeness (QED) is 0.269. The lowest BCUT2D eigenvalue weighted by molar-refractivity contribution is 0.297. The van der Waals surface area contributed by atoms with Crippen molar-refractivity contribution >= 4 is 34.2 Å². The molecule has 1 aromatic heterocycles. The summed E-state index contributed by atoms with van der Waals surface area (Å²) in [5.74, 6) is 2.00. The number of ether oxygens (including phenoxy) is 3. The second-order valence-corrected chi connectivity index (χ2v) is 9.25. The van der Waals surface area contributed by atoms with Gasteiger partial charge in [0, 0.05) is 12.5 Å². The predicted molar refractivity (Wildman–Crippen MR) is 138 cm³/mol. The number of aryl methyl sites for hydroxylation is 1. The number of benzene rings is 3. The van der Waals surface area contributed by atoms with Crippen LogP contribution >= 0.6 is 23.2 Å². The first-order valence-corrected chi connectivity index (χ1v) is 12.3. The second-order valence-electron chi connectivity index (χ2n) is 8.43. The molecule has 4 aromatic rings. The summed E-state index contributed by atoms with van der Waals surface area (Å²) in [6.07, 6.45) is 3.98. The largest absolute Gasteiger partial charge is 0.490 e. The average Bonchev–Trinajstić information content (AvgIpc) is 3.10. The van der Waals surface area contributed by atoms with Crippen molar-refractivity contribution in [3.05, 3.63) is 86.2 Å². The van der Waals surface area contributed by atoms with Crippen LogP contribution in [0, 0.1) is 0 Å². The van der Waals surface area contributed by atoms with Gasteiger partial charge in [-0.25, -0.2) is 0 Å².